The molecule has 8 nitrogen and oxygen atoms in total. The Bertz CT molecular complexity index is 1200. The summed E-state index contributed by atoms with van der Waals surface area (Å²) in [7, 11) is 3.91. The van der Waals surface area contributed by atoms with Crippen LogP contribution in [0.5, 0.6) is 0 Å². The number of halogens is 2. The van der Waals surface area contributed by atoms with Crippen molar-refractivity contribution in [2.45, 2.75) is 25.7 Å². The third-order valence-corrected chi connectivity index (χ3v) is 6.96. The van der Waals surface area contributed by atoms with Crippen LogP contribution in [0.1, 0.15) is 36.0 Å². The number of carbonyl (C=O) groups is 1. The van der Waals surface area contributed by atoms with Gasteiger partial charge in [0.1, 0.15) is 11.5 Å². The molecule has 1 aliphatic heterocycles. The number of piperidine rings is 1. The van der Waals surface area contributed by atoms with Crippen LogP contribution in [0.4, 0.5) is 20.9 Å². The van der Waals surface area contributed by atoms with E-state index >= 15 is 0 Å². The molecule has 0 spiro atoms. The van der Waals surface area contributed by atoms with Gasteiger partial charge >= 0.3 is 0 Å². The van der Waals surface area contributed by atoms with E-state index in [2.05, 4.69) is 4.98 Å². The van der Waals surface area contributed by atoms with Gasteiger partial charge < -0.3 is 9.80 Å². The van der Waals surface area contributed by atoms with Gasteiger partial charge in [0.15, 0.2) is 5.13 Å². The van der Waals surface area contributed by atoms with Crippen LogP contribution in [0.3, 0.4) is 0 Å². The summed E-state index contributed by atoms with van der Waals surface area (Å²) < 4.78 is 14.3. The molecule has 1 fully saturated rings. The van der Waals surface area contributed by atoms with Crippen LogP contribution in [0.15, 0.2) is 36.4 Å². The van der Waals surface area contributed by atoms with Crippen molar-refractivity contribution in [3.63, 3.8) is 0 Å². The van der Waals surface area contributed by atoms with Gasteiger partial charge in [-0.3, -0.25) is 19.8 Å². The summed E-state index contributed by atoms with van der Waals surface area (Å²) in [6.45, 7) is 2.69. The minimum Gasteiger partial charge on any atom is -0.366 e. The summed E-state index contributed by atoms with van der Waals surface area (Å²) in [5.41, 5.74) is 1.34. The first kappa shape index (κ1) is 26.8. The fourth-order valence-electron chi connectivity index (χ4n) is 4.19. The maximum Gasteiger partial charge on any atom is 0.293 e. The Hall–Kier alpha value is -2.82. The van der Waals surface area contributed by atoms with Crippen molar-refractivity contribution in [2.75, 3.05) is 50.1 Å². The van der Waals surface area contributed by atoms with E-state index in [4.69, 9.17) is 0 Å². The largest absolute Gasteiger partial charge is 0.366 e. The van der Waals surface area contributed by atoms with E-state index in [1.807, 2.05) is 23.9 Å². The Labute approximate surface area is 213 Å². The molecule has 35 heavy (non-hydrogen) atoms. The highest BCUT2D eigenvalue weighted by molar-refractivity contribution is 7.22. The average molecular weight is 522 g/mol. The average Bonchev–Trinajstić information content (AvgIpc) is 3.24. The smallest absolute Gasteiger partial charge is 0.293 e. The van der Waals surface area contributed by atoms with Crippen LogP contribution in [0.2, 0.25) is 0 Å². The second-order valence-corrected chi connectivity index (χ2v) is 9.74. The predicted molar refractivity (Wildman–Crippen MR) is 141 cm³/mol. The number of hydrogen-bond donors (Lipinski definition) is 0. The molecule has 1 aromatic heterocycles. The summed E-state index contributed by atoms with van der Waals surface area (Å²) >= 11 is 1.24. The number of nitro groups is 1. The van der Waals surface area contributed by atoms with E-state index in [9.17, 15) is 19.3 Å². The van der Waals surface area contributed by atoms with Crippen LogP contribution < -0.4 is 9.80 Å². The number of carbonyl (C=O) groups excluding carboxylic acids is 1. The Kier molecular flexibility index (Phi) is 8.98. The molecular weight excluding hydrogens is 493 g/mol. The van der Waals surface area contributed by atoms with Gasteiger partial charge in [-0.1, -0.05) is 11.3 Å². The molecule has 0 atom stereocenters. The van der Waals surface area contributed by atoms with Crippen molar-refractivity contribution in [3.8, 4) is 0 Å². The number of fused-ring (bicyclic) bond motifs is 1. The summed E-state index contributed by atoms with van der Waals surface area (Å²) in [6.07, 6.45) is 3.80. The Balaban J connectivity index is 0.00000342. The standard InChI is InChI=1S/C24H28FN5O3S.ClH/c1-27(2)11-6-14-29(24-26-19-9-8-18(25)16-22(19)34-24)23(31)17-7-10-20(21(15-17)30(32)33)28-12-4-3-5-13-28;/h7-10,15-16H,3-6,11-14H2,1-2H3;1H. The number of thiazole rings is 1. The molecule has 0 radical (unpaired) electrons. The number of aromatic nitrogens is 1. The lowest BCUT2D eigenvalue weighted by Crippen LogP contribution is -2.34. The first-order valence-electron chi connectivity index (χ1n) is 11.4. The van der Waals surface area contributed by atoms with E-state index in [0.29, 0.717) is 34.0 Å². The van der Waals surface area contributed by atoms with Gasteiger partial charge in [-0.15, -0.1) is 12.4 Å². The van der Waals surface area contributed by atoms with Gasteiger partial charge in [-0.05, 0) is 76.7 Å². The topological polar surface area (TPSA) is 82.8 Å². The van der Waals surface area contributed by atoms with Gasteiger partial charge in [-0.25, -0.2) is 9.37 Å². The summed E-state index contributed by atoms with van der Waals surface area (Å²) in [6, 6.07) is 9.04. The molecule has 0 saturated carbocycles. The minimum atomic E-state index is -0.419. The number of benzene rings is 2. The predicted octanol–water partition coefficient (Wildman–Crippen LogP) is 5.35. The summed E-state index contributed by atoms with van der Waals surface area (Å²) in [4.78, 5) is 35.2. The van der Waals surface area contributed by atoms with E-state index in [1.165, 1.54) is 29.5 Å². The first-order chi connectivity index (χ1) is 16.3. The van der Waals surface area contributed by atoms with Crippen LogP contribution in [0, 0.1) is 15.9 Å². The number of nitrogens with zero attached hydrogens (tertiary/aromatic N) is 5. The van der Waals surface area contributed by atoms with Crippen LogP contribution in [-0.4, -0.2) is 61.0 Å². The number of amides is 1. The lowest BCUT2D eigenvalue weighted by atomic mass is 10.1. The molecule has 188 valence electrons. The van der Waals surface area contributed by atoms with Gasteiger partial charge in [0.25, 0.3) is 11.6 Å². The lowest BCUT2D eigenvalue weighted by Gasteiger charge is -2.28. The molecule has 1 saturated heterocycles. The summed E-state index contributed by atoms with van der Waals surface area (Å²) in [5.74, 6) is -0.719. The Morgan fingerprint density at radius 1 is 1.14 bits per heavy atom. The van der Waals surface area contributed by atoms with Crippen molar-refractivity contribution in [1.29, 1.82) is 0 Å². The van der Waals surface area contributed by atoms with Crippen molar-refractivity contribution < 1.29 is 14.1 Å². The van der Waals surface area contributed by atoms with E-state index < -0.39 is 4.92 Å². The molecule has 1 amide bonds. The third kappa shape index (κ3) is 6.25. The molecule has 4 rings (SSSR count). The number of hydrogen-bond acceptors (Lipinski definition) is 7. The second kappa shape index (κ2) is 11.7. The maximum atomic E-state index is 13.7. The number of nitro benzene ring substituents is 1. The molecule has 2 aromatic carbocycles. The minimum absolute atomic E-state index is 0. The third-order valence-electron chi connectivity index (χ3n) is 5.92. The van der Waals surface area contributed by atoms with Gasteiger partial charge in [0, 0.05) is 31.3 Å². The van der Waals surface area contributed by atoms with Gasteiger partial charge in [0.05, 0.1) is 15.1 Å². The first-order valence-corrected chi connectivity index (χ1v) is 12.2. The van der Waals surface area contributed by atoms with Crippen molar-refractivity contribution in [1.82, 2.24) is 9.88 Å². The Morgan fingerprint density at radius 3 is 2.57 bits per heavy atom. The van der Waals surface area contributed by atoms with E-state index in [0.717, 1.165) is 38.9 Å². The molecular formula is C24H29ClFN5O3S. The monoisotopic (exact) mass is 521 g/mol. The SMILES string of the molecule is CN(C)CCCN(C(=O)c1ccc(N2CCCCC2)c([N+](=O)[O-])c1)c1nc2ccc(F)cc2s1.Cl. The zero-order valence-corrected chi connectivity index (χ0v) is 21.4. The molecule has 1 aliphatic rings. The lowest BCUT2D eigenvalue weighted by molar-refractivity contribution is -0.384. The molecule has 0 unspecified atom stereocenters. The van der Waals surface area contributed by atoms with Crippen molar-refractivity contribution in [3.05, 3.63) is 57.9 Å². The van der Waals surface area contributed by atoms with E-state index in [1.54, 1.807) is 23.1 Å². The zero-order chi connectivity index (χ0) is 24.2. The highest BCUT2D eigenvalue weighted by Crippen LogP contribution is 2.34. The maximum absolute atomic E-state index is 13.7. The fraction of sp³-hybridized carbons (Fsp3) is 0.417. The van der Waals surface area contributed by atoms with Crippen LogP contribution in [-0.2, 0) is 0 Å². The van der Waals surface area contributed by atoms with Gasteiger partial charge in [0.2, 0.25) is 0 Å². The molecule has 3 aromatic rings. The highest BCUT2D eigenvalue weighted by Gasteiger charge is 2.27. The quantitative estimate of drug-likeness (QED) is 0.293. The fourth-order valence-corrected chi connectivity index (χ4v) is 5.21. The van der Waals surface area contributed by atoms with Crippen molar-refractivity contribution in [2.24, 2.45) is 0 Å². The number of anilines is 2. The second-order valence-electron chi connectivity index (χ2n) is 8.73. The van der Waals surface area contributed by atoms with Gasteiger partial charge in [-0.2, -0.15) is 0 Å². The molecule has 11 heteroatoms. The summed E-state index contributed by atoms with van der Waals surface area (Å²) in [5, 5.41) is 12.3. The number of rotatable bonds is 8. The molecule has 0 aliphatic carbocycles. The highest BCUT2D eigenvalue weighted by atomic mass is 35.5. The normalized spacial score (nSPS) is 13.7. The van der Waals surface area contributed by atoms with E-state index in [-0.39, 0.29) is 35.4 Å². The molecule has 2 heterocycles. The molecule has 0 bridgehead atoms. The molecule has 0 N–H and O–H groups in total. The van der Waals surface area contributed by atoms with Crippen molar-refractivity contribution >= 4 is 56.4 Å². The van der Waals surface area contributed by atoms with Crippen LogP contribution in [0.25, 0.3) is 10.2 Å². The Morgan fingerprint density at radius 2 is 1.89 bits per heavy atom. The zero-order valence-electron chi connectivity index (χ0n) is 19.8. The van der Waals surface area contributed by atoms with Crippen LogP contribution >= 0.6 is 23.7 Å².